The number of hydrogen-bond donors (Lipinski definition) is 1. The van der Waals surface area contributed by atoms with Crippen LogP contribution in [0.15, 0.2) is 0 Å². The summed E-state index contributed by atoms with van der Waals surface area (Å²) in [6, 6.07) is -0.463. The van der Waals surface area contributed by atoms with Gasteiger partial charge in [-0.1, -0.05) is 0 Å². The number of thioether (sulfide) groups is 1. The Hall–Kier alpha value is 1.33. The first-order chi connectivity index (χ1) is 6.63. The second-order valence-electron chi connectivity index (χ2n) is 2.06. The summed E-state index contributed by atoms with van der Waals surface area (Å²) >= 11 is 1.78. The van der Waals surface area contributed by atoms with E-state index in [1.807, 2.05) is 6.26 Å². The molecule has 0 saturated carbocycles. The zero-order valence-corrected chi connectivity index (χ0v) is 14.3. The molecule has 14 heavy (non-hydrogen) atoms. The number of halogens is 2. The second kappa shape index (κ2) is 14.3. The van der Waals surface area contributed by atoms with Gasteiger partial charge in [-0.05, 0) is 18.4 Å². The van der Waals surface area contributed by atoms with E-state index in [2.05, 4.69) is 4.18 Å². The molecule has 0 saturated heterocycles. The molecule has 0 aliphatic heterocycles. The molecule has 0 radical (unpaired) electrons. The summed E-state index contributed by atoms with van der Waals surface area (Å²) in [6.07, 6.45) is 4.35. The molecule has 0 spiro atoms. The van der Waals surface area contributed by atoms with Crippen molar-refractivity contribution in [2.45, 2.75) is 12.5 Å². The third-order valence-corrected chi connectivity index (χ3v) is 2.08. The minimum atomic E-state index is -0.931. The number of rotatable bonds is 5. The van der Waals surface area contributed by atoms with Crippen molar-refractivity contribution in [1.82, 2.24) is 0 Å². The molecule has 0 aliphatic rings. The Morgan fingerprint density at radius 2 is 2.07 bits per heavy atom. The first kappa shape index (κ1) is 17.7. The van der Waals surface area contributed by atoms with E-state index in [0.29, 0.717) is 6.42 Å². The molecular formula is C6H13Cl2NO2S2Zn. The fraction of sp³-hybridized carbons (Fsp3) is 0.833. The topological polar surface area (TPSA) is 52.3 Å². The van der Waals surface area contributed by atoms with Crippen LogP contribution in [0.1, 0.15) is 6.42 Å². The standard InChI is InChI=1S/C6H13NO2S2.2ClH.Zn/c1-10-4-3-5(7)6(8)9-11-2;;;/h5H,3-4,7H2,1-2H3;2*1H;/q;;;+2/p-2/t5-;;;/m0.../s1. The average molecular weight is 332 g/mol. The van der Waals surface area contributed by atoms with E-state index in [-0.39, 0.29) is 5.97 Å². The van der Waals surface area contributed by atoms with Crippen molar-refractivity contribution in [1.29, 1.82) is 0 Å². The predicted molar refractivity (Wildman–Crippen MR) is 62.3 cm³/mol. The van der Waals surface area contributed by atoms with Gasteiger partial charge in [0.05, 0.1) is 12.0 Å². The molecule has 0 aliphatic carbocycles. The summed E-state index contributed by atoms with van der Waals surface area (Å²) in [4.78, 5) is 10.9. The summed E-state index contributed by atoms with van der Waals surface area (Å²) in [5, 5.41) is 0. The molecule has 0 fully saturated rings. The molecule has 3 nitrogen and oxygen atoms in total. The molecule has 1 atom stereocenters. The summed E-state index contributed by atoms with van der Waals surface area (Å²) in [5.41, 5.74) is 5.49. The van der Waals surface area contributed by atoms with Gasteiger partial charge in [0.15, 0.2) is 0 Å². The van der Waals surface area contributed by atoms with Crippen LogP contribution in [-0.4, -0.2) is 30.3 Å². The van der Waals surface area contributed by atoms with Crippen LogP contribution in [0.25, 0.3) is 0 Å². The average Bonchev–Trinajstić information content (AvgIpc) is 2.15. The maximum atomic E-state index is 10.9. The van der Waals surface area contributed by atoms with Gasteiger partial charge >= 0.3 is 40.5 Å². The van der Waals surface area contributed by atoms with Crippen LogP contribution in [-0.2, 0) is 24.1 Å². The van der Waals surface area contributed by atoms with E-state index in [9.17, 15) is 4.79 Å². The molecule has 0 heterocycles. The first-order valence-corrected chi connectivity index (χ1v) is 14.1. The minimum absolute atomic E-state index is 0.327. The van der Waals surface area contributed by atoms with E-state index < -0.39 is 21.2 Å². The number of nitrogens with two attached hydrogens (primary N) is 1. The monoisotopic (exact) mass is 329 g/mol. The molecule has 0 bridgehead atoms. The van der Waals surface area contributed by atoms with Gasteiger partial charge in [0.2, 0.25) is 0 Å². The summed E-state index contributed by atoms with van der Waals surface area (Å²) < 4.78 is 4.64. The molecule has 0 amide bonds. The predicted octanol–water partition coefficient (Wildman–Crippen LogP) is 2.26. The summed E-state index contributed by atoms with van der Waals surface area (Å²) in [5.74, 6) is 0.566. The third kappa shape index (κ3) is 13.3. The Labute approximate surface area is 109 Å². The van der Waals surface area contributed by atoms with E-state index in [1.165, 1.54) is 0 Å². The van der Waals surface area contributed by atoms with Crippen LogP contribution in [0.5, 0.6) is 0 Å². The fourth-order valence-corrected chi connectivity index (χ4v) is 1.28. The van der Waals surface area contributed by atoms with Gasteiger partial charge in [-0.2, -0.15) is 11.8 Å². The van der Waals surface area contributed by atoms with Crippen LogP contribution in [0, 0.1) is 0 Å². The van der Waals surface area contributed by atoms with Crippen LogP contribution in [0.2, 0.25) is 0 Å². The van der Waals surface area contributed by atoms with E-state index in [0.717, 1.165) is 17.8 Å². The van der Waals surface area contributed by atoms with E-state index in [1.54, 1.807) is 18.0 Å². The summed E-state index contributed by atoms with van der Waals surface area (Å²) in [7, 11) is 9.90. The van der Waals surface area contributed by atoms with E-state index in [4.69, 9.17) is 25.1 Å². The number of hydrogen-bond acceptors (Lipinski definition) is 5. The number of carbonyl (C=O) groups is 1. The van der Waals surface area contributed by atoms with Crippen molar-refractivity contribution in [2.75, 3.05) is 18.3 Å². The Kier molecular flexibility index (Phi) is 18.1. The zero-order valence-electron chi connectivity index (χ0n) is 8.16. The second-order valence-corrected chi connectivity index (χ2v) is 8.17. The van der Waals surface area contributed by atoms with E-state index >= 15 is 0 Å². The van der Waals surface area contributed by atoms with Crippen molar-refractivity contribution in [3.63, 3.8) is 0 Å². The van der Waals surface area contributed by atoms with Crippen LogP contribution in [0.4, 0.5) is 0 Å². The molecule has 0 aromatic carbocycles. The van der Waals surface area contributed by atoms with Gasteiger partial charge in [-0.3, -0.25) is 0 Å². The zero-order chi connectivity index (χ0) is 11.4. The number of carbonyl (C=O) groups excluding carboxylic acids is 1. The molecule has 0 unspecified atom stereocenters. The molecule has 0 aromatic rings. The molecule has 0 rings (SSSR count). The third-order valence-electron chi connectivity index (χ3n) is 1.10. The van der Waals surface area contributed by atoms with Gasteiger partial charge in [0.1, 0.15) is 6.04 Å². The van der Waals surface area contributed by atoms with Gasteiger partial charge in [0.25, 0.3) is 0 Å². The normalized spacial score (nSPS) is 10.6. The molecule has 8 heteroatoms. The molecule has 2 N–H and O–H groups in total. The SMILES string of the molecule is CSCC[C@H](N)C(=O)OSC.[Cl][Zn][Cl]. The molecule has 82 valence electrons. The Bertz CT molecular complexity index is 145. The molecular weight excluding hydrogens is 319 g/mol. The van der Waals surface area contributed by atoms with Crippen molar-refractivity contribution < 1.29 is 24.1 Å². The quantitative estimate of drug-likeness (QED) is 0.618. The van der Waals surface area contributed by atoms with Crippen LogP contribution < -0.4 is 5.73 Å². The van der Waals surface area contributed by atoms with Gasteiger partial charge in [-0.15, -0.1) is 0 Å². The van der Waals surface area contributed by atoms with Crippen molar-refractivity contribution in [3.05, 3.63) is 0 Å². The maximum absolute atomic E-state index is 10.9. The summed E-state index contributed by atoms with van der Waals surface area (Å²) in [6.45, 7) is 0. The Balaban J connectivity index is 0. The van der Waals surface area contributed by atoms with Crippen molar-refractivity contribution >= 4 is 49.2 Å². The van der Waals surface area contributed by atoms with Gasteiger partial charge < -0.3 is 9.92 Å². The van der Waals surface area contributed by atoms with Crippen LogP contribution in [0.3, 0.4) is 0 Å². The molecule has 0 aromatic heterocycles. The fourth-order valence-electron chi connectivity index (χ4n) is 0.507. The Morgan fingerprint density at radius 3 is 2.43 bits per heavy atom. The van der Waals surface area contributed by atoms with Gasteiger partial charge in [0, 0.05) is 6.26 Å². The van der Waals surface area contributed by atoms with Crippen molar-refractivity contribution in [2.24, 2.45) is 5.73 Å². The first-order valence-electron chi connectivity index (χ1n) is 3.74. The van der Waals surface area contributed by atoms with Crippen LogP contribution >= 0.6 is 43.2 Å². The van der Waals surface area contributed by atoms with Gasteiger partial charge in [-0.25, -0.2) is 4.79 Å². The Morgan fingerprint density at radius 1 is 1.57 bits per heavy atom. The van der Waals surface area contributed by atoms with Crippen molar-refractivity contribution in [3.8, 4) is 0 Å².